The van der Waals surface area contributed by atoms with Gasteiger partial charge in [0.05, 0.1) is 12.7 Å². The summed E-state index contributed by atoms with van der Waals surface area (Å²) >= 11 is 0. The summed E-state index contributed by atoms with van der Waals surface area (Å²) in [6, 6.07) is 1.94. The van der Waals surface area contributed by atoms with Crippen molar-refractivity contribution in [2.24, 2.45) is 5.41 Å². The molecular formula is C9H15NO3. The largest absolute Gasteiger partial charge is 0.462 e. The second kappa shape index (κ2) is 5.55. The van der Waals surface area contributed by atoms with Crippen LogP contribution in [0.1, 0.15) is 20.3 Å². The van der Waals surface area contributed by atoms with Gasteiger partial charge in [0.15, 0.2) is 5.41 Å². The van der Waals surface area contributed by atoms with E-state index in [1.807, 2.05) is 6.07 Å². The minimum absolute atomic E-state index is 0.201. The average Bonchev–Trinajstić information content (AvgIpc) is 2.17. The first kappa shape index (κ1) is 11.9. The number of carbonyl (C=O) groups excluding carboxylic acids is 1. The average molecular weight is 185 g/mol. The molecule has 0 aromatic carbocycles. The molecule has 0 fully saturated rings. The summed E-state index contributed by atoms with van der Waals surface area (Å²) in [7, 11) is 1.52. The zero-order chi connectivity index (χ0) is 10.3. The number of hydrogen-bond acceptors (Lipinski definition) is 4. The van der Waals surface area contributed by atoms with Crippen molar-refractivity contribution in [1.82, 2.24) is 0 Å². The standard InChI is InChI=1S/C9H15NO3/c1-4-9(2,7-10)8(11)13-6-5-12-3/h4-6H2,1-3H3. The Morgan fingerprint density at radius 2 is 2.15 bits per heavy atom. The van der Waals surface area contributed by atoms with Crippen LogP contribution in [0.3, 0.4) is 0 Å². The molecule has 4 heteroatoms. The predicted octanol–water partition coefficient (Wildman–Crippen LogP) is 1.12. The Kier molecular flexibility index (Phi) is 5.09. The van der Waals surface area contributed by atoms with E-state index >= 15 is 0 Å². The number of nitriles is 1. The van der Waals surface area contributed by atoms with Gasteiger partial charge in [-0.15, -0.1) is 0 Å². The van der Waals surface area contributed by atoms with Gasteiger partial charge in [-0.25, -0.2) is 0 Å². The van der Waals surface area contributed by atoms with Gasteiger partial charge >= 0.3 is 5.97 Å². The molecule has 74 valence electrons. The molecule has 0 bridgehead atoms. The molecule has 0 aliphatic heterocycles. The second-order valence-corrected chi connectivity index (χ2v) is 2.93. The lowest BCUT2D eigenvalue weighted by molar-refractivity contribution is -0.153. The van der Waals surface area contributed by atoms with Crippen molar-refractivity contribution in [3.05, 3.63) is 0 Å². The molecule has 0 saturated carbocycles. The summed E-state index contributed by atoms with van der Waals surface area (Å²) < 4.78 is 9.55. The highest BCUT2D eigenvalue weighted by atomic mass is 16.6. The minimum Gasteiger partial charge on any atom is -0.462 e. The van der Waals surface area contributed by atoms with Crippen LogP contribution in [0, 0.1) is 16.7 Å². The van der Waals surface area contributed by atoms with E-state index < -0.39 is 11.4 Å². The van der Waals surface area contributed by atoms with Crippen LogP contribution in [-0.4, -0.2) is 26.3 Å². The van der Waals surface area contributed by atoms with E-state index in [2.05, 4.69) is 0 Å². The molecule has 0 aromatic heterocycles. The number of nitrogens with zero attached hydrogens (tertiary/aromatic N) is 1. The van der Waals surface area contributed by atoms with Crippen LogP contribution in [0.2, 0.25) is 0 Å². The first-order valence-corrected chi connectivity index (χ1v) is 4.18. The van der Waals surface area contributed by atoms with Crippen LogP contribution < -0.4 is 0 Å². The number of ether oxygens (including phenoxy) is 2. The summed E-state index contributed by atoms with van der Waals surface area (Å²) in [4.78, 5) is 11.3. The fraction of sp³-hybridized carbons (Fsp3) is 0.778. The Balaban J connectivity index is 4.02. The Bertz CT molecular complexity index is 209. The van der Waals surface area contributed by atoms with Crippen LogP contribution >= 0.6 is 0 Å². The molecule has 0 rings (SSSR count). The maximum atomic E-state index is 11.3. The lowest BCUT2D eigenvalue weighted by atomic mass is 9.90. The van der Waals surface area contributed by atoms with Crippen molar-refractivity contribution < 1.29 is 14.3 Å². The zero-order valence-corrected chi connectivity index (χ0v) is 8.29. The number of methoxy groups -OCH3 is 1. The highest BCUT2D eigenvalue weighted by Gasteiger charge is 2.32. The van der Waals surface area contributed by atoms with Crippen LogP contribution in [-0.2, 0) is 14.3 Å². The van der Waals surface area contributed by atoms with Gasteiger partial charge in [-0.2, -0.15) is 5.26 Å². The zero-order valence-electron chi connectivity index (χ0n) is 8.29. The van der Waals surface area contributed by atoms with Crippen molar-refractivity contribution in [3.8, 4) is 6.07 Å². The molecule has 13 heavy (non-hydrogen) atoms. The number of esters is 1. The van der Waals surface area contributed by atoms with Crippen LogP contribution in [0.15, 0.2) is 0 Å². The maximum Gasteiger partial charge on any atom is 0.326 e. The maximum absolute atomic E-state index is 11.3. The van der Waals surface area contributed by atoms with Crippen molar-refractivity contribution in [1.29, 1.82) is 5.26 Å². The fourth-order valence-corrected chi connectivity index (χ4v) is 0.646. The molecule has 0 radical (unpaired) electrons. The fourth-order valence-electron chi connectivity index (χ4n) is 0.646. The SMILES string of the molecule is CCC(C)(C#N)C(=O)OCCOC. The normalized spacial score (nSPS) is 14.3. The van der Waals surface area contributed by atoms with Gasteiger partial charge in [-0.1, -0.05) is 6.92 Å². The van der Waals surface area contributed by atoms with Gasteiger partial charge in [-0.05, 0) is 13.3 Å². The summed E-state index contributed by atoms with van der Waals surface area (Å²) in [6.07, 6.45) is 0.454. The van der Waals surface area contributed by atoms with Crippen LogP contribution in [0.25, 0.3) is 0 Å². The third kappa shape index (κ3) is 3.43. The van der Waals surface area contributed by atoms with Crippen molar-refractivity contribution in [3.63, 3.8) is 0 Å². The topological polar surface area (TPSA) is 59.3 Å². The number of hydrogen-bond donors (Lipinski definition) is 0. The van der Waals surface area contributed by atoms with Gasteiger partial charge < -0.3 is 9.47 Å². The number of carbonyl (C=O) groups is 1. The van der Waals surface area contributed by atoms with E-state index in [0.29, 0.717) is 13.0 Å². The first-order valence-electron chi connectivity index (χ1n) is 4.18. The Hall–Kier alpha value is -1.08. The molecule has 0 aliphatic rings. The molecule has 0 saturated heterocycles. The third-order valence-corrected chi connectivity index (χ3v) is 1.93. The van der Waals surface area contributed by atoms with Crippen LogP contribution in [0.5, 0.6) is 0 Å². The molecule has 4 nitrogen and oxygen atoms in total. The Morgan fingerprint density at radius 3 is 2.54 bits per heavy atom. The highest BCUT2D eigenvalue weighted by molar-refractivity contribution is 5.79. The van der Waals surface area contributed by atoms with Gasteiger partial charge in [-0.3, -0.25) is 4.79 Å². The molecular weight excluding hydrogens is 170 g/mol. The lowest BCUT2D eigenvalue weighted by Crippen LogP contribution is -2.28. The quantitative estimate of drug-likeness (QED) is 0.475. The van der Waals surface area contributed by atoms with E-state index in [9.17, 15) is 4.79 Å². The smallest absolute Gasteiger partial charge is 0.326 e. The van der Waals surface area contributed by atoms with E-state index in [1.165, 1.54) is 7.11 Å². The van der Waals surface area contributed by atoms with Crippen molar-refractivity contribution in [2.75, 3.05) is 20.3 Å². The molecule has 0 heterocycles. The van der Waals surface area contributed by atoms with E-state index in [4.69, 9.17) is 14.7 Å². The lowest BCUT2D eigenvalue weighted by Gasteiger charge is -2.16. The van der Waals surface area contributed by atoms with Crippen molar-refractivity contribution >= 4 is 5.97 Å². The van der Waals surface area contributed by atoms with E-state index in [0.717, 1.165) is 0 Å². The number of rotatable bonds is 5. The van der Waals surface area contributed by atoms with Gasteiger partial charge in [0.2, 0.25) is 0 Å². The summed E-state index contributed by atoms with van der Waals surface area (Å²) in [6.45, 7) is 3.91. The summed E-state index contributed by atoms with van der Waals surface area (Å²) in [5.74, 6) is -0.477. The van der Waals surface area contributed by atoms with Crippen molar-refractivity contribution in [2.45, 2.75) is 20.3 Å². The predicted molar refractivity (Wildman–Crippen MR) is 46.8 cm³/mol. The van der Waals surface area contributed by atoms with Gasteiger partial charge in [0.1, 0.15) is 6.61 Å². The summed E-state index contributed by atoms with van der Waals surface area (Å²) in [5, 5.41) is 8.73. The van der Waals surface area contributed by atoms with Gasteiger partial charge in [0, 0.05) is 7.11 Å². The molecule has 0 amide bonds. The van der Waals surface area contributed by atoms with E-state index in [-0.39, 0.29) is 6.61 Å². The van der Waals surface area contributed by atoms with E-state index in [1.54, 1.807) is 13.8 Å². The third-order valence-electron chi connectivity index (χ3n) is 1.93. The van der Waals surface area contributed by atoms with Crippen LogP contribution in [0.4, 0.5) is 0 Å². The molecule has 1 unspecified atom stereocenters. The highest BCUT2D eigenvalue weighted by Crippen LogP contribution is 2.21. The molecule has 0 aromatic rings. The second-order valence-electron chi connectivity index (χ2n) is 2.93. The Labute approximate surface area is 78.4 Å². The molecule has 0 N–H and O–H groups in total. The first-order chi connectivity index (χ1) is 6.10. The Morgan fingerprint density at radius 1 is 1.54 bits per heavy atom. The summed E-state index contributed by atoms with van der Waals surface area (Å²) in [5.41, 5.74) is -1.02. The molecule has 1 atom stereocenters. The minimum atomic E-state index is -1.02. The monoisotopic (exact) mass is 185 g/mol. The molecule has 0 aliphatic carbocycles. The molecule has 0 spiro atoms. The van der Waals surface area contributed by atoms with Gasteiger partial charge in [0.25, 0.3) is 0 Å².